The third kappa shape index (κ3) is 3.39. The first-order chi connectivity index (χ1) is 9.10. The van der Waals surface area contributed by atoms with Crippen LogP contribution >= 0.6 is 11.8 Å². The lowest BCUT2D eigenvalue weighted by molar-refractivity contribution is 0.200. The topological polar surface area (TPSA) is 91.3 Å². The van der Waals surface area contributed by atoms with Crippen molar-refractivity contribution in [2.24, 2.45) is 0 Å². The fourth-order valence-corrected chi connectivity index (χ4v) is 2.25. The molecule has 0 spiro atoms. The molecule has 104 valence electrons. The number of hydrogen-bond donors (Lipinski definition) is 3. The molecular formula is C12H17N3O3S. The first-order valence-electron chi connectivity index (χ1n) is 5.71. The van der Waals surface area contributed by atoms with Gasteiger partial charge in [-0.3, -0.25) is 5.10 Å². The second-order valence-corrected chi connectivity index (χ2v) is 5.03. The maximum Gasteiger partial charge on any atom is 0.213 e. The largest absolute Gasteiger partial charge is 0.508 e. The van der Waals surface area contributed by atoms with E-state index in [0.717, 1.165) is 5.82 Å². The number of aromatic nitrogens is 3. The second-order valence-electron chi connectivity index (χ2n) is 4.02. The van der Waals surface area contributed by atoms with Crippen molar-refractivity contribution >= 4 is 11.8 Å². The monoisotopic (exact) mass is 283 g/mol. The zero-order chi connectivity index (χ0) is 13.8. The van der Waals surface area contributed by atoms with Crippen LogP contribution in [0.5, 0.6) is 11.5 Å². The smallest absolute Gasteiger partial charge is 0.213 e. The summed E-state index contributed by atoms with van der Waals surface area (Å²) in [5, 5.41) is 26.8. The van der Waals surface area contributed by atoms with Gasteiger partial charge in [0.1, 0.15) is 17.3 Å². The van der Waals surface area contributed by atoms with Crippen molar-refractivity contribution in [3.05, 3.63) is 23.5 Å². The van der Waals surface area contributed by atoms with Crippen LogP contribution in [0.2, 0.25) is 0 Å². The van der Waals surface area contributed by atoms with Crippen molar-refractivity contribution in [2.45, 2.75) is 23.4 Å². The number of nitrogens with one attached hydrogen (secondary N) is 1. The first kappa shape index (κ1) is 13.7. The standard InChI is InChI=1S/C12H15N3O3S.H2/c1-7-5-9(17)10(6-8(7)16)19-12-13-11(14-15-12)3-4-18-2;/h5-6,16-17H,3-4H2,1-2H3,(H,13,14,15);1H. The molecule has 0 bridgehead atoms. The maximum absolute atomic E-state index is 9.81. The minimum atomic E-state index is 0. The van der Waals surface area contributed by atoms with Crippen LogP contribution in [0.3, 0.4) is 0 Å². The highest BCUT2D eigenvalue weighted by Gasteiger charge is 2.11. The lowest BCUT2D eigenvalue weighted by Crippen LogP contribution is -1.96. The predicted octanol–water partition coefficient (Wildman–Crippen LogP) is 2.11. The van der Waals surface area contributed by atoms with Gasteiger partial charge in [-0.15, -0.1) is 5.10 Å². The number of nitrogens with zero attached hydrogens (tertiary/aromatic N) is 2. The van der Waals surface area contributed by atoms with E-state index in [-0.39, 0.29) is 12.9 Å². The summed E-state index contributed by atoms with van der Waals surface area (Å²) in [6.45, 7) is 2.29. The average molecular weight is 283 g/mol. The van der Waals surface area contributed by atoms with E-state index in [1.54, 1.807) is 14.0 Å². The molecule has 7 heteroatoms. The maximum atomic E-state index is 9.81. The second kappa shape index (κ2) is 5.94. The highest BCUT2D eigenvalue weighted by molar-refractivity contribution is 7.99. The van der Waals surface area contributed by atoms with Crippen LogP contribution < -0.4 is 0 Å². The fraction of sp³-hybridized carbons (Fsp3) is 0.333. The van der Waals surface area contributed by atoms with E-state index in [4.69, 9.17) is 4.74 Å². The summed E-state index contributed by atoms with van der Waals surface area (Å²) >= 11 is 1.19. The molecule has 0 fully saturated rings. The number of rotatable bonds is 5. The van der Waals surface area contributed by atoms with Gasteiger partial charge in [0.15, 0.2) is 0 Å². The summed E-state index contributed by atoms with van der Waals surface area (Å²) < 4.78 is 4.95. The van der Waals surface area contributed by atoms with Gasteiger partial charge in [0.05, 0.1) is 11.5 Å². The Balaban J connectivity index is 0.00000200. The lowest BCUT2D eigenvalue weighted by atomic mass is 10.2. The Bertz CT molecular complexity index is 577. The van der Waals surface area contributed by atoms with E-state index in [2.05, 4.69) is 15.2 Å². The molecule has 0 atom stereocenters. The Hall–Kier alpha value is -1.73. The Morgan fingerprint density at radius 2 is 2.16 bits per heavy atom. The molecule has 0 radical (unpaired) electrons. The van der Waals surface area contributed by atoms with E-state index < -0.39 is 0 Å². The van der Waals surface area contributed by atoms with Crippen molar-refractivity contribution < 1.29 is 16.4 Å². The molecule has 19 heavy (non-hydrogen) atoms. The zero-order valence-corrected chi connectivity index (χ0v) is 11.5. The lowest BCUT2D eigenvalue weighted by Gasteiger charge is -2.04. The number of hydrogen-bond acceptors (Lipinski definition) is 6. The third-order valence-electron chi connectivity index (χ3n) is 2.53. The van der Waals surface area contributed by atoms with Crippen molar-refractivity contribution in [2.75, 3.05) is 13.7 Å². The van der Waals surface area contributed by atoms with Gasteiger partial charge in [-0.2, -0.15) is 0 Å². The number of H-pyrrole nitrogens is 1. The molecule has 6 nitrogen and oxygen atoms in total. The molecule has 0 amide bonds. The van der Waals surface area contributed by atoms with Crippen LogP contribution in [-0.2, 0) is 11.2 Å². The number of phenols is 2. The Morgan fingerprint density at radius 3 is 2.89 bits per heavy atom. The molecule has 1 aromatic heterocycles. The van der Waals surface area contributed by atoms with Crippen molar-refractivity contribution in [1.29, 1.82) is 0 Å². The molecule has 0 aliphatic heterocycles. The number of methoxy groups -OCH3 is 1. The zero-order valence-electron chi connectivity index (χ0n) is 10.7. The van der Waals surface area contributed by atoms with Gasteiger partial charge < -0.3 is 14.9 Å². The number of aromatic hydroxyl groups is 2. The molecule has 3 N–H and O–H groups in total. The number of phenolic OH excluding ortho intramolecular Hbond substituents is 2. The van der Waals surface area contributed by atoms with Gasteiger partial charge in [-0.05, 0) is 36.4 Å². The number of ether oxygens (including phenoxy) is 1. The molecular weight excluding hydrogens is 266 g/mol. The average Bonchev–Trinajstić information content (AvgIpc) is 2.81. The Kier molecular flexibility index (Phi) is 4.28. The number of aryl methyl sites for hydroxylation is 1. The number of benzene rings is 1. The van der Waals surface area contributed by atoms with E-state index in [1.165, 1.54) is 23.9 Å². The molecule has 0 aliphatic rings. The van der Waals surface area contributed by atoms with Crippen LogP contribution in [0, 0.1) is 6.92 Å². The van der Waals surface area contributed by atoms with Gasteiger partial charge in [0.2, 0.25) is 5.16 Å². The summed E-state index contributed by atoms with van der Waals surface area (Å²) in [5.41, 5.74) is 0.623. The summed E-state index contributed by atoms with van der Waals surface area (Å²) in [5.74, 6) is 0.958. The van der Waals surface area contributed by atoms with Crippen LogP contribution in [0.15, 0.2) is 22.2 Å². The highest BCUT2D eigenvalue weighted by Crippen LogP contribution is 2.36. The van der Waals surface area contributed by atoms with E-state index >= 15 is 0 Å². The van der Waals surface area contributed by atoms with Gasteiger partial charge in [-0.25, -0.2) is 4.98 Å². The van der Waals surface area contributed by atoms with Gasteiger partial charge >= 0.3 is 0 Å². The van der Waals surface area contributed by atoms with Crippen LogP contribution in [-0.4, -0.2) is 39.1 Å². The first-order valence-corrected chi connectivity index (χ1v) is 6.52. The molecule has 1 aromatic carbocycles. The summed E-state index contributed by atoms with van der Waals surface area (Å²) in [6, 6.07) is 3.01. The Morgan fingerprint density at radius 1 is 1.37 bits per heavy atom. The minimum absolute atomic E-state index is 0. The molecule has 0 aliphatic carbocycles. The van der Waals surface area contributed by atoms with Crippen molar-refractivity contribution in [3.63, 3.8) is 0 Å². The predicted molar refractivity (Wildman–Crippen MR) is 72.7 cm³/mol. The molecule has 0 saturated carbocycles. The third-order valence-corrected chi connectivity index (χ3v) is 3.45. The summed E-state index contributed by atoms with van der Waals surface area (Å²) in [7, 11) is 1.62. The normalized spacial score (nSPS) is 10.8. The molecule has 2 aromatic rings. The SMILES string of the molecule is COCCc1nc(Sc2cc(O)c(C)cc2O)n[nH]1.[HH]. The van der Waals surface area contributed by atoms with Crippen molar-refractivity contribution in [1.82, 2.24) is 15.2 Å². The fourth-order valence-electron chi connectivity index (χ4n) is 1.48. The van der Waals surface area contributed by atoms with Gasteiger partial charge in [-0.1, -0.05) is 0 Å². The van der Waals surface area contributed by atoms with E-state index in [9.17, 15) is 10.2 Å². The van der Waals surface area contributed by atoms with Gasteiger partial charge in [0, 0.05) is 15.0 Å². The van der Waals surface area contributed by atoms with Gasteiger partial charge in [0.25, 0.3) is 0 Å². The van der Waals surface area contributed by atoms with Crippen LogP contribution in [0.1, 0.15) is 12.8 Å². The van der Waals surface area contributed by atoms with Crippen molar-refractivity contribution in [3.8, 4) is 11.5 Å². The quantitative estimate of drug-likeness (QED) is 0.728. The van der Waals surface area contributed by atoms with E-state index in [1.807, 2.05) is 0 Å². The van der Waals surface area contributed by atoms with Crippen LogP contribution in [0.4, 0.5) is 0 Å². The summed E-state index contributed by atoms with van der Waals surface area (Å²) in [6.07, 6.45) is 0.648. The molecule has 0 unspecified atom stereocenters. The highest BCUT2D eigenvalue weighted by atomic mass is 32.2. The molecule has 1 heterocycles. The summed E-state index contributed by atoms with van der Waals surface area (Å²) in [4.78, 5) is 4.77. The molecule has 2 rings (SSSR count). The Labute approximate surface area is 116 Å². The minimum Gasteiger partial charge on any atom is -0.508 e. The van der Waals surface area contributed by atoms with E-state index in [0.29, 0.717) is 28.6 Å². The van der Waals surface area contributed by atoms with Crippen LogP contribution in [0.25, 0.3) is 0 Å². The molecule has 0 saturated heterocycles. The number of aromatic amines is 1.